The molecule has 9 heteroatoms. The number of ether oxygens (including phenoxy) is 1. The molecule has 112 valence electrons. The first-order chi connectivity index (χ1) is 8.33. The molecule has 0 aliphatic heterocycles. The fourth-order valence-corrected chi connectivity index (χ4v) is 1.14. The molecule has 0 saturated heterocycles. The first kappa shape index (κ1) is 17.7. The number of methoxy groups -OCH3 is 1. The van der Waals surface area contributed by atoms with Gasteiger partial charge in [0.25, 0.3) is 0 Å². The van der Waals surface area contributed by atoms with Crippen LogP contribution in [0.3, 0.4) is 0 Å². The Bertz CT molecular complexity index is 392. The van der Waals surface area contributed by atoms with Crippen molar-refractivity contribution in [2.45, 2.75) is 0 Å². The summed E-state index contributed by atoms with van der Waals surface area (Å²) in [6.07, 6.45) is 12.2. The fraction of sp³-hybridized carbons (Fsp3) is 0.300. The summed E-state index contributed by atoms with van der Waals surface area (Å²) < 4.78 is 64.4. The molecule has 0 aromatic carbocycles. The average Bonchev–Trinajstić information content (AvgIpc) is 2.44. The minimum absolute atomic E-state index is 0.231. The third-order valence-corrected chi connectivity index (χ3v) is 1.74. The third kappa shape index (κ3) is 14.6. The van der Waals surface area contributed by atoms with E-state index < -0.39 is 7.81 Å². The van der Waals surface area contributed by atoms with Gasteiger partial charge in [-0.3, -0.25) is 0 Å². The van der Waals surface area contributed by atoms with E-state index in [0.717, 1.165) is 5.90 Å². The molecule has 0 bridgehead atoms. The second kappa shape index (κ2) is 5.36. The maximum absolute atomic E-state index is 10.7. The second-order valence-corrected chi connectivity index (χ2v) is 5.37. The van der Waals surface area contributed by atoms with E-state index in [1.165, 1.54) is 0 Å². The summed E-state index contributed by atoms with van der Waals surface area (Å²) in [7, 11) is -7.13. The SMILES string of the molecule is C[NH+]=C(OC)C1C=CC=CC=C1.F[P-](F)(F)(F)(F)F. The van der Waals surface area contributed by atoms with Crippen LogP contribution in [0.1, 0.15) is 0 Å². The van der Waals surface area contributed by atoms with Crippen LogP contribution in [0.15, 0.2) is 36.5 Å². The van der Waals surface area contributed by atoms with Gasteiger partial charge in [-0.05, 0) is 0 Å². The molecule has 0 saturated carbocycles. The Morgan fingerprint density at radius 2 is 1.32 bits per heavy atom. The fourth-order valence-electron chi connectivity index (χ4n) is 1.14. The normalized spacial score (nSPS) is 19.9. The third-order valence-electron chi connectivity index (χ3n) is 1.74. The van der Waals surface area contributed by atoms with Gasteiger partial charge in [0.1, 0.15) is 13.0 Å². The van der Waals surface area contributed by atoms with Crippen molar-refractivity contribution in [3.8, 4) is 0 Å². The topological polar surface area (TPSA) is 23.2 Å². The van der Waals surface area contributed by atoms with Crippen LogP contribution in [0.25, 0.3) is 0 Å². The summed E-state index contributed by atoms with van der Waals surface area (Å²) in [5.41, 5.74) is 0. The van der Waals surface area contributed by atoms with Crippen molar-refractivity contribution < 1.29 is 34.9 Å². The van der Waals surface area contributed by atoms with Crippen molar-refractivity contribution >= 4 is 13.7 Å². The summed E-state index contributed by atoms with van der Waals surface area (Å²) in [6, 6.07) is 0. The van der Waals surface area contributed by atoms with E-state index in [4.69, 9.17) is 4.74 Å². The second-order valence-electron chi connectivity index (χ2n) is 3.46. The van der Waals surface area contributed by atoms with E-state index in [0.29, 0.717) is 0 Å². The zero-order valence-electron chi connectivity index (χ0n) is 10.2. The van der Waals surface area contributed by atoms with Gasteiger partial charge in [-0.2, -0.15) is 0 Å². The van der Waals surface area contributed by atoms with Gasteiger partial charge in [0, 0.05) is 0 Å². The molecule has 19 heavy (non-hydrogen) atoms. The van der Waals surface area contributed by atoms with Crippen LogP contribution in [-0.2, 0) is 4.74 Å². The van der Waals surface area contributed by atoms with E-state index in [9.17, 15) is 25.2 Å². The Labute approximate surface area is 106 Å². The number of rotatable bonds is 1. The van der Waals surface area contributed by atoms with Crippen LogP contribution in [-0.4, -0.2) is 20.1 Å². The molecule has 0 amide bonds. The Morgan fingerprint density at radius 1 is 0.947 bits per heavy atom. The quantitative estimate of drug-likeness (QED) is 0.341. The van der Waals surface area contributed by atoms with Gasteiger partial charge in [-0.1, -0.05) is 36.5 Å². The average molecular weight is 309 g/mol. The van der Waals surface area contributed by atoms with Crippen molar-refractivity contribution in [1.29, 1.82) is 0 Å². The van der Waals surface area contributed by atoms with Crippen LogP contribution >= 0.6 is 7.81 Å². The van der Waals surface area contributed by atoms with Gasteiger partial charge in [-0.15, -0.1) is 0 Å². The van der Waals surface area contributed by atoms with Gasteiger partial charge in [0.2, 0.25) is 0 Å². The molecular formula is C10H14F6NOP. The molecule has 1 N–H and O–H groups in total. The molecule has 0 aromatic heterocycles. The molecule has 1 rings (SSSR count). The molecule has 0 radical (unpaired) electrons. The molecule has 2 nitrogen and oxygen atoms in total. The van der Waals surface area contributed by atoms with Crippen molar-refractivity contribution in [2.24, 2.45) is 5.92 Å². The van der Waals surface area contributed by atoms with Crippen LogP contribution in [0.4, 0.5) is 25.2 Å². The van der Waals surface area contributed by atoms with E-state index in [1.54, 1.807) is 7.11 Å². The van der Waals surface area contributed by atoms with Crippen LogP contribution in [0.2, 0.25) is 0 Å². The van der Waals surface area contributed by atoms with Gasteiger partial charge >= 0.3 is 38.9 Å². The maximum atomic E-state index is 9.87. The molecular weight excluding hydrogens is 295 g/mol. The van der Waals surface area contributed by atoms with Crippen molar-refractivity contribution in [3.63, 3.8) is 0 Å². The van der Waals surface area contributed by atoms with Crippen molar-refractivity contribution in [2.75, 3.05) is 14.2 Å². The predicted molar refractivity (Wildman–Crippen MR) is 63.4 cm³/mol. The molecule has 0 atom stereocenters. The number of hydrogen-bond acceptors (Lipinski definition) is 1. The Kier molecular flexibility index (Phi) is 5.00. The predicted octanol–water partition coefficient (Wildman–Crippen LogP) is 3.42. The van der Waals surface area contributed by atoms with E-state index in [1.807, 2.05) is 31.4 Å². The molecule has 0 unspecified atom stereocenters. The number of hydrogen-bond donors (Lipinski definition) is 1. The first-order valence-electron chi connectivity index (χ1n) is 5.00. The zero-order valence-corrected chi connectivity index (χ0v) is 11.1. The molecule has 1 aliphatic carbocycles. The Hall–Kier alpha value is -1.30. The standard InChI is InChI=1S/C10H13NO.F6P/c1-11-10(12-2)9-7-5-3-4-6-8-9;1-7(2,3,4,5)6/h3-9H,1-2H3;/q;-1/p+1. The number of halogens is 6. The van der Waals surface area contributed by atoms with E-state index in [2.05, 4.69) is 17.1 Å². The van der Waals surface area contributed by atoms with Crippen LogP contribution < -0.4 is 4.99 Å². The summed E-state index contributed by atoms with van der Waals surface area (Å²) in [6.45, 7) is 0. The van der Waals surface area contributed by atoms with Gasteiger partial charge < -0.3 is 4.74 Å². The molecule has 0 spiro atoms. The molecule has 1 aliphatic rings. The van der Waals surface area contributed by atoms with Crippen molar-refractivity contribution in [1.82, 2.24) is 0 Å². The van der Waals surface area contributed by atoms with Gasteiger partial charge in [-0.25, -0.2) is 4.99 Å². The summed E-state index contributed by atoms with van der Waals surface area (Å²) in [4.78, 5) is 3.01. The van der Waals surface area contributed by atoms with E-state index >= 15 is 0 Å². The Balaban J connectivity index is 0.000000399. The van der Waals surface area contributed by atoms with E-state index in [-0.39, 0.29) is 5.92 Å². The summed E-state index contributed by atoms with van der Waals surface area (Å²) in [5.74, 6) is 1.10. The first-order valence-corrected chi connectivity index (χ1v) is 7.03. The summed E-state index contributed by atoms with van der Waals surface area (Å²) >= 11 is 0. The van der Waals surface area contributed by atoms with Gasteiger partial charge in [0.05, 0.1) is 7.11 Å². The number of nitrogens with one attached hydrogen (secondary N) is 1. The zero-order chi connectivity index (χ0) is 15.2. The van der Waals surface area contributed by atoms with Gasteiger partial charge in [0.15, 0.2) is 0 Å². The monoisotopic (exact) mass is 309 g/mol. The molecule has 0 fully saturated rings. The number of allylic oxidation sites excluding steroid dienone is 4. The minimum atomic E-state index is -10.7. The van der Waals surface area contributed by atoms with Crippen molar-refractivity contribution in [3.05, 3.63) is 36.5 Å². The molecule has 0 heterocycles. The van der Waals surface area contributed by atoms with Crippen LogP contribution in [0, 0.1) is 5.92 Å². The summed E-state index contributed by atoms with van der Waals surface area (Å²) in [5, 5.41) is 0. The Morgan fingerprint density at radius 3 is 1.58 bits per heavy atom. The van der Waals surface area contributed by atoms with Crippen LogP contribution in [0.5, 0.6) is 0 Å². The molecule has 0 aromatic rings.